The van der Waals surface area contributed by atoms with Gasteiger partial charge in [0, 0.05) is 10.6 Å². The second-order valence-electron chi connectivity index (χ2n) is 7.75. The molecule has 2 aromatic heterocycles. The Hall–Kier alpha value is -4.04. The molecule has 4 rings (SSSR count). The van der Waals surface area contributed by atoms with Crippen LogP contribution in [0.5, 0.6) is 11.5 Å². The summed E-state index contributed by atoms with van der Waals surface area (Å²) in [5.74, 6) is 1.40. The molecule has 0 spiro atoms. The van der Waals surface area contributed by atoms with E-state index < -0.39 is 6.04 Å². The van der Waals surface area contributed by atoms with E-state index in [0.717, 1.165) is 4.88 Å². The van der Waals surface area contributed by atoms with Crippen LogP contribution in [0, 0.1) is 0 Å². The molecule has 180 valence electrons. The van der Waals surface area contributed by atoms with Crippen molar-refractivity contribution in [2.75, 3.05) is 19.5 Å². The SMILES string of the molecule is COc1ccc(NC(=O)C(c2ccc(OC)cc2)N(Cc2ccco2)C(=O)Cc2cccs2)cc1. The fourth-order valence-corrected chi connectivity index (χ4v) is 4.40. The van der Waals surface area contributed by atoms with Gasteiger partial charge in [-0.25, -0.2) is 0 Å². The second kappa shape index (κ2) is 11.4. The average molecular weight is 491 g/mol. The summed E-state index contributed by atoms with van der Waals surface area (Å²) in [6.07, 6.45) is 1.73. The van der Waals surface area contributed by atoms with Crippen LogP contribution in [0.1, 0.15) is 22.2 Å². The van der Waals surface area contributed by atoms with Crippen molar-refractivity contribution in [1.29, 1.82) is 0 Å². The van der Waals surface area contributed by atoms with E-state index in [1.165, 1.54) is 11.3 Å². The fraction of sp³-hybridized carbons (Fsp3) is 0.185. The first-order valence-corrected chi connectivity index (χ1v) is 11.9. The number of nitrogens with zero attached hydrogens (tertiary/aromatic N) is 1. The molecule has 2 amide bonds. The smallest absolute Gasteiger partial charge is 0.251 e. The zero-order valence-corrected chi connectivity index (χ0v) is 20.3. The number of thiophene rings is 1. The highest BCUT2D eigenvalue weighted by Gasteiger charge is 2.32. The van der Waals surface area contributed by atoms with Gasteiger partial charge < -0.3 is 24.1 Å². The molecule has 0 saturated heterocycles. The maximum Gasteiger partial charge on any atom is 0.251 e. The highest BCUT2D eigenvalue weighted by atomic mass is 32.1. The second-order valence-corrected chi connectivity index (χ2v) is 8.78. The molecule has 4 aromatic rings. The van der Waals surface area contributed by atoms with Crippen molar-refractivity contribution in [2.45, 2.75) is 19.0 Å². The van der Waals surface area contributed by atoms with E-state index in [9.17, 15) is 9.59 Å². The Morgan fingerprint density at radius 3 is 2.20 bits per heavy atom. The summed E-state index contributed by atoms with van der Waals surface area (Å²) in [4.78, 5) is 29.8. The van der Waals surface area contributed by atoms with Crippen molar-refractivity contribution < 1.29 is 23.5 Å². The minimum atomic E-state index is -0.902. The molecule has 8 heteroatoms. The number of amides is 2. The molecular weight excluding hydrogens is 464 g/mol. The number of carbonyl (C=O) groups is 2. The van der Waals surface area contributed by atoms with Crippen LogP contribution in [0.15, 0.2) is 88.9 Å². The molecule has 0 radical (unpaired) electrons. The molecule has 2 aromatic carbocycles. The average Bonchev–Trinajstić information content (AvgIpc) is 3.59. The van der Waals surface area contributed by atoms with Crippen molar-refractivity contribution in [1.82, 2.24) is 4.90 Å². The summed E-state index contributed by atoms with van der Waals surface area (Å²) in [5, 5.41) is 4.87. The highest BCUT2D eigenvalue weighted by molar-refractivity contribution is 7.10. The van der Waals surface area contributed by atoms with Crippen molar-refractivity contribution in [2.24, 2.45) is 0 Å². The minimum absolute atomic E-state index is 0.143. The first kappa shape index (κ1) is 24.1. The van der Waals surface area contributed by atoms with Gasteiger partial charge in [0.25, 0.3) is 5.91 Å². The van der Waals surface area contributed by atoms with Crippen molar-refractivity contribution in [3.05, 3.63) is 101 Å². The number of hydrogen-bond acceptors (Lipinski definition) is 6. The number of ether oxygens (including phenoxy) is 2. The number of furan rings is 1. The largest absolute Gasteiger partial charge is 0.497 e. The van der Waals surface area contributed by atoms with Gasteiger partial charge in [0.15, 0.2) is 0 Å². The van der Waals surface area contributed by atoms with Gasteiger partial charge in [-0.05, 0) is 65.5 Å². The van der Waals surface area contributed by atoms with E-state index in [-0.39, 0.29) is 24.8 Å². The minimum Gasteiger partial charge on any atom is -0.497 e. The Morgan fingerprint density at radius 2 is 1.63 bits per heavy atom. The summed E-state index contributed by atoms with van der Waals surface area (Å²) >= 11 is 1.50. The number of anilines is 1. The van der Waals surface area contributed by atoms with Gasteiger partial charge in [0.05, 0.1) is 33.4 Å². The third-order valence-electron chi connectivity index (χ3n) is 5.48. The molecule has 0 fully saturated rings. The Balaban J connectivity index is 1.70. The van der Waals surface area contributed by atoms with Gasteiger partial charge in [0.1, 0.15) is 23.3 Å². The predicted molar refractivity (Wildman–Crippen MR) is 135 cm³/mol. The Labute approximate surface area is 207 Å². The Morgan fingerprint density at radius 1 is 0.943 bits per heavy atom. The molecule has 7 nitrogen and oxygen atoms in total. The van der Waals surface area contributed by atoms with Crippen LogP contribution in [-0.2, 0) is 22.6 Å². The third kappa shape index (κ3) is 6.10. The van der Waals surface area contributed by atoms with Gasteiger partial charge >= 0.3 is 0 Å². The van der Waals surface area contributed by atoms with Crippen LogP contribution in [-0.4, -0.2) is 30.9 Å². The lowest BCUT2D eigenvalue weighted by molar-refractivity contribution is -0.139. The molecule has 0 aliphatic heterocycles. The third-order valence-corrected chi connectivity index (χ3v) is 6.36. The molecule has 0 saturated carbocycles. The topological polar surface area (TPSA) is 81.0 Å². The van der Waals surface area contributed by atoms with E-state index >= 15 is 0 Å². The normalized spacial score (nSPS) is 11.5. The summed E-state index contributed by atoms with van der Waals surface area (Å²) in [7, 11) is 3.16. The van der Waals surface area contributed by atoms with Crippen LogP contribution in [0.2, 0.25) is 0 Å². The number of nitrogens with one attached hydrogen (secondary N) is 1. The van der Waals surface area contributed by atoms with Gasteiger partial charge in [-0.1, -0.05) is 18.2 Å². The number of carbonyl (C=O) groups excluding carboxylic acids is 2. The van der Waals surface area contributed by atoms with E-state index in [1.54, 1.807) is 86.0 Å². The van der Waals surface area contributed by atoms with E-state index in [4.69, 9.17) is 13.9 Å². The molecule has 1 atom stereocenters. The van der Waals surface area contributed by atoms with Gasteiger partial charge in [-0.15, -0.1) is 11.3 Å². The molecule has 1 N–H and O–H groups in total. The fourth-order valence-electron chi connectivity index (χ4n) is 3.70. The maximum atomic E-state index is 13.7. The molecule has 0 aliphatic rings. The summed E-state index contributed by atoms with van der Waals surface area (Å²) < 4.78 is 16.0. The summed E-state index contributed by atoms with van der Waals surface area (Å²) in [5.41, 5.74) is 1.25. The Bertz CT molecular complexity index is 1220. The molecule has 2 heterocycles. The standard InChI is InChI=1S/C27H26N2O5S/c1-32-21-11-7-19(8-12-21)26(27(31)28-20-9-13-22(33-2)14-10-20)29(18-23-5-3-15-34-23)25(30)17-24-6-4-16-35-24/h3-16,26H,17-18H2,1-2H3,(H,28,31). The van der Waals surface area contributed by atoms with Crippen LogP contribution < -0.4 is 14.8 Å². The van der Waals surface area contributed by atoms with E-state index in [2.05, 4.69) is 5.32 Å². The molecule has 1 unspecified atom stereocenters. The van der Waals surface area contributed by atoms with E-state index in [1.807, 2.05) is 17.5 Å². The predicted octanol–water partition coefficient (Wildman–Crippen LogP) is 5.31. The highest BCUT2D eigenvalue weighted by Crippen LogP contribution is 2.29. The van der Waals surface area contributed by atoms with Crippen LogP contribution in [0.3, 0.4) is 0 Å². The monoisotopic (exact) mass is 490 g/mol. The summed E-state index contributed by atoms with van der Waals surface area (Å²) in [6.45, 7) is 0.143. The zero-order chi connectivity index (χ0) is 24.6. The van der Waals surface area contributed by atoms with Crippen molar-refractivity contribution in [3.8, 4) is 11.5 Å². The van der Waals surface area contributed by atoms with Crippen LogP contribution in [0.4, 0.5) is 5.69 Å². The van der Waals surface area contributed by atoms with Crippen molar-refractivity contribution in [3.63, 3.8) is 0 Å². The molecule has 0 bridgehead atoms. The number of methoxy groups -OCH3 is 2. The van der Waals surface area contributed by atoms with Gasteiger partial charge in [-0.3, -0.25) is 9.59 Å². The number of benzene rings is 2. The van der Waals surface area contributed by atoms with Crippen molar-refractivity contribution >= 4 is 28.8 Å². The number of rotatable bonds is 10. The van der Waals surface area contributed by atoms with Gasteiger partial charge in [0.2, 0.25) is 5.91 Å². The van der Waals surface area contributed by atoms with Crippen LogP contribution in [0.25, 0.3) is 0 Å². The molecule has 35 heavy (non-hydrogen) atoms. The quantitative estimate of drug-likeness (QED) is 0.326. The Kier molecular flexibility index (Phi) is 7.84. The summed E-state index contributed by atoms with van der Waals surface area (Å²) in [6, 6.07) is 20.6. The lowest BCUT2D eigenvalue weighted by atomic mass is 10.0. The lowest BCUT2D eigenvalue weighted by Crippen LogP contribution is -2.41. The zero-order valence-electron chi connectivity index (χ0n) is 19.5. The first-order valence-electron chi connectivity index (χ1n) is 11.0. The maximum absolute atomic E-state index is 13.7. The van der Waals surface area contributed by atoms with Crippen LogP contribution >= 0.6 is 11.3 Å². The molecule has 0 aliphatic carbocycles. The molecular formula is C27H26N2O5S. The number of hydrogen-bond donors (Lipinski definition) is 1. The van der Waals surface area contributed by atoms with Gasteiger partial charge in [-0.2, -0.15) is 0 Å². The lowest BCUT2D eigenvalue weighted by Gasteiger charge is -2.31. The first-order chi connectivity index (χ1) is 17.1. The van der Waals surface area contributed by atoms with E-state index in [0.29, 0.717) is 28.5 Å².